The predicted octanol–water partition coefficient (Wildman–Crippen LogP) is 1.62. The maximum atomic E-state index is 11.9. The molecule has 0 unspecified atom stereocenters. The van der Waals surface area contributed by atoms with E-state index in [0.29, 0.717) is 18.0 Å². The van der Waals surface area contributed by atoms with Crippen LogP contribution in [0.1, 0.15) is 19.4 Å². The highest BCUT2D eigenvalue weighted by atomic mass is 16.5. The third-order valence-electron chi connectivity index (χ3n) is 2.86. The molecule has 21 heavy (non-hydrogen) atoms. The van der Waals surface area contributed by atoms with E-state index in [4.69, 9.17) is 9.47 Å². The van der Waals surface area contributed by atoms with E-state index < -0.39 is 5.60 Å². The average Bonchev–Trinajstić information content (AvgIpc) is 2.42. The van der Waals surface area contributed by atoms with E-state index in [1.165, 1.54) is 4.90 Å². The predicted molar refractivity (Wildman–Crippen MR) is 80.7 cm³/mol. The molecule has 0 saturated carbocycles. The van der Waals surface area contributed by atoms with Crippen LogP contribution >= 0.6 is 0 Å². The monoisotopic (exact) mass is 296 g/mol. The summed E-state index contributed by atoms with van der Waals surface area (Å²) in [5.41, 5.74) is -0.0206. The molecule has 6 heteroatoms. The second-order valence-electron chi connectivity index (χ2n) is 5.52. The molecule has 118 valence electrons. The number of benzene rings is 1. The number of nitrogens with one attached hydrogen (secondary N) is 1. The number of ether oxygens (including phenoxy) is 2. The first-order chi connectivity index (χ1) is 9.76. The molecule has 0 fully saturated rings. The fraction of sp³-hybridized carbons (Fsp3) is 0.533. The normalized spacial score (nSPS) is 11.0. The Morgan fingerprint density at radius 2 is 1.90 bits per heavy atom. The molecule has 1 aromatic carbocycles. The lowest BCUT2D eigenvalue weighted by Gasteiger charge is -2.25. The van der Waals surface area contributed by atoms with E-state index in [0.717, 1.165) is 5.56 Å². The Morgan fingerprint density at radius 1 is 1.29 bits per heavy atom. The molecule has 2 amide bonds. The van der Waals surface area contributed by atoms with Gasteiger partial charge < -0.3 is 24.8 Å². The molecule has 0 bridgehead atoms. The van der Waals surface area contributed by atoms with E-state index in [2.05, 4.69) is 5.32 Å². The maximum absolute atomic E-state index is 11.9. The number of aliphatic hydroxyl groups is 1. The number of carbonyl (C=O) groups is 1. The van der Waals surface area contributed by atoms with Gasteiger partial charge in [-0.25, -0.2) is 4.79 Å². The van der Waals surface area contributed by atoms with Crippen molar-refractivity contribution in [2.45, 2.75) is 26.0 Å². The summed E-state index contributed by atoms with van der Waals surface area (Å²) in [4.78, 5) is 13.4. The van der Waals surface area contributed by atoms with Gasteiger partial charge in [0.25, 0.3) is 0 Å². The SMILES string of the molecule is COc1ccc(CNC(=O)N(C)CC(C)(C)O)cc1OC. The minimum Gasteiger partial charge on any atom is -0.493 e. The molecule has 1 aromatic rings. The smallest absolute Gasteiger partial charge is 0.317 e. The molecule has 0 heterocycles. The molecular weight excluding hydrogens is 272 g/mol. The molecular formula is C15H24N2O4. The van der Waals surface area contributed by atoms with E-state index in [9.17, 15) is 9.90 Å². The van der Waals surface area contributed by atoms with Crippen molar-refractivity contribution in [2.75, 3.05) is 27.8 Å². The minimum absolute atomic E-state index is 0.244. The summed E-state index contributed by atoms with van der Waals surface area (Å²) < 4.78 is 10.4. The fourth-order valence-corrected chi connectivity index (χ4v) is 1.96. The number of hydrogen-bond acceptors (Lipinski definition) is 4. The Labute approximate surface area is 125 Å². The zero-order valence-corrected chi connectivity index (χ0v) is 13.3. The lowest BCUT2D eigenvalue weighted by Crippen LogP contribution is -2.44. The molecule has 6 nitrogen and oxygen atoms in total. The van der Waals surface area contributed by atoms with Crippen LogP contribution in [0, 0.1) is 0 Å². The number of methoxy groups -OCH3 is 2. The minimum atomic E-state index is -0.921. The molecule has 1 rings (SSSR count). The Kier molecular flexibility index (Phi) is 5.84. The number of hydrogen-bond donors (Lipinski definition) is 2. The van der Waals surface area contributed by atoms with Crippen LogP contribution < -0.4 is 14.8 Å². The lowest BCUT2D eigenvalue weighted by atomic mass is 10.1. The summed E-state index contributed by atoms with van der Waals surface area (Å²) in [5.74, 6) is 1.26. The number of rotatable bonds is 6. The zero-order chi connectivity index (χ0) is 16.0. The van der Waals surface area contributed by atoms with Gasteiger partial charge in [0.15, 0.2) is 11.5 Å². The van der Waals surface area contributed by atoms with Crippen molar-refractivity contribution >= 4 is 6.03 Å². The molecule has 0 aliphatic rings. The summed E-state index contributed by atoms with van der Waals surface area (Å²) >= 11 is 0. The summed E-state index contributed by atoms with van der Waals surface area (Å²) in [6.45, 7) is 3.94. The summed E-state index contributed by atoms with van der Waals surface area (Å²) in [6.07, 6.45) is 0. The molecule has 0 aliphatic carbocycles. The molecule has 0 saturated heterocycles. The van der Waals surface area contributed by atoms with Crippen LogP contribution in [0.4, 0.5) is 4.79 Å². The van der Waals surface area contributed by atoms with Gasteiger partial charge in [-0.05, 0) is 31.5 Å². The van der Waals surface area contributed by atoms with Crippen LogP contribution in [-0.2, 0) is 6.54 Å². The van der Waals surface area contributed by atoms with Crippen molar-refractivity contribution in [3.05, 3.63) is 23.8 Å². The second kappa shape index (κ2) is 7.17. The second-order valence-corrected chi connectivity index (χ2v) is 5.52. The molecule has 0 radical (unpaired) electrons. The Balaban J connectivity index is 2.61. The molecule has 2 N–H and O–H groups in total. The van der Waals surface area contributed by atoms with Crippen LogP contribution in [0.15, 0.2) is 18.2 Å². The standard InChI is InChI=1S/C15H24N2O4/c1-15(2,19)10-17(3)14(18)16-9-11-6-7-12(20-4)13(8-11)21-5/h6-8,19H,9-10H2,1-5H3,(H,16,18). The zero-order valence-electron chi connectivity index (χ0n) is 13.3. The van der Waals surface area contributed by atoms with Crippen molar-refractivity contribution in [3.8, 4) is 11.5 Å². The van der Waals surface area contributed by atoms with Crippen LogP contribution in [0.5, 0.6) is 11.5 Å². The van der Waals surface area contributed by atoms with Crippen LogP contribution in [0.25, 0.3) is 0 Å². The molecule has 0 aromatic heterocycles. The Hall–Kier alpha value is -1.95. The van der Waals surface area contributed by atoms with Gasteiger partial charge in [-0.2, -0.15) is 0 Å². The Morgan fingerprint density at radius 3 is 2.43 bits per heavy atom. The number of urea groups is 1. The van der Waals surface area contributed by atoms with Gasteiger partial charge in [-0.15, -0.1) is 0 Å². The van der Waals surface area contributed by atoms with Crippen LogP contribution in [-0.4, -0.2) is 49.5 Å². The highest BCUT2D eigenvalue weighted by molar-refractivity contribution is 5.73. The van der Waals surface area contributed by atoms with Gasteiger partial charge in [0, 0.05) is 13.6 Å². The Bertz CT molecular complexity index is 483. The maximum Gasteiger partial charge on any atom is 0.317 e. The van der Waals surface area contributed by atoms with Crippen molar-refractivity contribution in [3.63, 3.8) is 0 Å². The number of nitrogens with zero attached hydrogens (tertiary/aromatic N) is 1. The van der Waals surface area contributed by atoms with Gasteiger partial charge in [0.05, 0.1) is 26.4 Å². The number of likely N-dealkylation sites (N-methyl/N-ethyl adjacent to an activating group) is 1. The van der Waals surface area contributed by atoms with Gasteiger partial charge >= 0.3 is 6.03 Å². The third kappa shape index (κ3) is 5.51. The van der Waals surface area contributed by atoms with Gasteiger partial charge in [0.2, 0.25) is 0 Å². The summed E-state index contributed by atoms with van der Waals surface area (Å²) in [5, 5.41) is 12.5. The van der Waals surface area contributed by atoms with Crippen molar-refractivity contribution < 1.29 is 19.4 Å². The first kappa shape index (κ1) is 17.1. The molecule has 0 spiro atoms. The van der Waals surface area contributed by atoms with Gasteiger partial charge in [-0.1, -0.05) is 6.07 Å². The van der Waals surface area contributed by atoms with Crippen molar-refractivity contribution in [1.82, 2.24) is 10.2 Å². The van der Waals surface area contributed by atoms with E-state index in [-0.39, 0.29) is 12.6 Å². The molecule has 0 atom stereocenters. The van der Waals surface area contributed by atoms with Crippen LogP contribution in [0.3, 0.4) is 0 Å². The van der Waals surface area contributed by atoms with E-state index in [1.807, 2.05) is 12.1 Å². The highest BCUT2D eigenvalue weighted by Gasteiger charge is 2.19. The lowest BCUT2D eigenvalue weighted by molar-refractivity contribution is 0.0531. The van der Waals surface area contributed by atoms with E-state index in [1.54, 1.807) is 41.2 Å². The summed E-state index contributed by atoms with van der Waals surface area (Å²) in [6, 6.07) is 5.22. The van der Waals surface area contributed by atoms with Gasteiger partial charge in [0.1, 0.15) is 0 Å². The quantitative estimate of drug-likeness (QED) is 0.837. The highest BCUT2D eigenvalue weighted by Crippen LogP contribution is 2.27. The largest absolute Gasteiger partial charge is 0.493 e. The topological polar surface area (TPSA) is 71.0 Å². The first-order valence-corrected chi connectivity index (χ1v) is 6.69. The number of amides is 2. The van der Waals surface area contributed by atoms with Crippen molar-refractivity contribution in [2.24, 2.45) is 0 Å². The fourth-order valence-electron chi connectivity index (χ4n) is 1.96. The first-order valence-electron chi connectivity index (χ1n) is 6.69. The molecule has 0 aliphatic heterocycles. The third-order valence-corrected chi connectivity index (χ3v) is 2.86. The van der Waals surface area contributed by atoms with Crippen molar-refractivity contribution in [1.29, 1.82) is 0 Å². The number of carbonyl (C=O) groups excluding carboxylic acids is 1. The summed E-state index contributed by atoms with van der Waals surface area (Å²) in [7, 11) is 4.78. The van der Waals surface area contributed by atoms with Gasteiger partial charge in [-0.3, -0.25) is 0 Å². The average molecular weight is 296 g/mol. The van der Waals surface area contributed by atoms with Crippen LogP contribution in [0.2, 0.25) is 0 Å². The van der Waals surface area contributed by atoms with E-state index >= 15 is 0 Å².